The molecule has 2 rings (SSSR count). The van der Waals surface area contributed by atoms with Gasteiger partial charge in [0.25, 0.3) is 5.91 Å². The largest absolute Gasteiger partial charge is 0.395 e. The Balaban J connectivity index is 2.13. The predicted molar refractivity (Wildman–Crippen MR) is 68.1 cm³/mol. The van der Waals surface area contributed by atoms with E-state index in [1.807, 2.05) is 13.0 Å². The monoisotopic (exact) mass is 249 g/mol. The van der Waals surface area contributed by atoms with Gasteiger partial charge in [0.2, 0.25) is 0 Å². The van der Waals surface area contributed by atoms with Crippen molar-refractivity contribution in [1.29, 1.82) is 0 Å². The molecule has 0 aromatic carbocycles. The first-order valence-electron chi connectivity index (χ1n) is 6.24. The van der Waals surface area contributed by atoms with Gasteiger partial charge in [-0.15, -0.1) is 0 Å². The van der Waals surface area contributed by atoms with Crippen molar-refractivity contribution in [3.8, 4) is 0 Å². The van der Waals surface area contributed by atoms with Gasteiger partial charge in [-0.2, -0.15) is 0 Å². The van der Waals surface area contributed by atoms with Crippen molar-refractivity contribution >= 4 is 5.91 Å². The first-order chi connectivity index (χ1) is 8.61. The van der Waals surface area contributed by atoms with Crippen molar-refractivity contribution in [2.45, 2.75) is 38.3 Å². The molecule has 0 saturated heterocycles. The summed E-state index contributed by atoms with van der Waals surface area (Å²) in [6, 6.07) is 2.05. The zero-order valence-electron chi connectivity index (χ0n) is 10.5. The zero-order valence-corrected chi connectivity index (χ0v) is 10.5. The average Bonchev–Trinajstić information content (AvgIpc) is 3.19. The highest BCUT2D eigenvalue weighted by molar-refractivity contribution is 5.92. The Hall–Kier alpha value is -1.46. The van der Waals surface area contributed by atoms with Gasteiger partial charge in [-0.3, -0.25) is 9.78 Å². The van der Waals surface area contributed by atoms with E-state index in [-0.39, 0.29) is 12.6 Å². The van der Waals surface area contributed by atoms with Crippen molar-refractivity contribution in [2.75, 3.05) is 6.61 Å². The topological polar surface area (TPSA) is 88.2 Å². The Kier molecular flexibility index (Phi) is 3.93. The summed E-state index contributed by atoms with van der Waals surface area (Å²) in [5.74, 6) is -0.0182. The van der Waals surface area contributed by atoms with E-state index in [4.69, 9.17) is 10.8 Å². The van der Waals surface area contributed by atoms with Crippen LogP contribution in [0.4, 0.5) is 0 Å². The molecule has 0 spiro atoms. The first-order valence-corrected chi connectivity index (χ1v) is 6.24. The van der Waals surface area contributed by atoms with Crippen LogP contribution in [-0.2, 0) is 6.54 Å². The summed E-state index contributed by atoms with van der Waals surface area (Å²) in [5, 5.41) is 12.1. The maximum absolute atomic E-state index is 11.3. The highest BCUT2D eigenvalue weighted by Gasteiger charge is 2.28. The number of rotatable bonds is 6. The van der Waals surface area contributed by atoms with Crippen LogP contribution in [0.15, 0.2) is 12.3 Å². The molecular formula is C13H19N3O2. The summed E-state index contributed by atoms with van der Waals surface area (Å²) in [4.78, 5) is 15.5. The summed E-state index contributed by atoms with van der Waals surface area (Å²) in [5.41, 5.74) is 7.71. The molecule has 5 nitrogen and oxygen atoms in total. The van der Waals surface area contributed by atoms with E-state index in [1.165, 1.54) is 0 Å². The summed E-state index contributed by atoms with van der Waals surface area (Å²) < 4.78 is 0. The van der Waals surface area contributed by atoms with Crippen molar-refractivity contribution in [3.63, 3.8) is 0 Å². The number of aliphatic hydroxyl groups is 1. The van der Waals surface area contributed by atoms with Crippen LogP contribution >= 0.6 is 0 Å². The van der Waals surface area contributed by atoms with Crippen molar-refractivity contribution < 1.29 is 9.90 Å². The molecule has 0 aliphatic heterocycles. The molecule has 1 aromatic heterocycles. The number of hydrogen-bond donors (Lipinski definition) is 3. The third kappa shape index (κ3) is 3.05. The van der Waals surface area contributed by atoms with E-state index >= 15 is 0 Å². The second kappa shape index (κ2) is 5.46. The summed E-state index contributed by atoms with van der Waals surface area (Å²) in [6.45, 7) is 2.64. The standard InChI is InChI=1S/C13H19N3O2/c1-8(7-17)15-5-9-4-11(10-2-3-10)12(13(14)18)16-6-9/h4,6,8,10,15,17H,2-3,5,7H2,1H3,(H2,14,18)/t8-/m1/s1. The maximum Gasteiger partial charge on any atom is 0.267 e. The molecule has 0 radical (unpaired) electrons. The molecule has 1 aromatic rings. The zero-order chi connectivity index (χ0) is 13.1. The fraction of sp³-hybridized carbons (Fsp3) is 0.538. The molecule has 1 heterocycles. The van der Waals surface area contributed by atoms with E-state index in [0.29, 0.717) is 18.2 Å². The lowest BCUT2D eigenvalue weighted by Crippen LogP contribution is -2.28. The lowest BCUT2D eigenvalue weighted by atomic mass is 10.1. The normalized spacial score (nSPS) is 16.6. The number of hydrogen-bond acceptors (Lipinski definition) is 4. The van der Waals surface area contributed by atoms with E-state index in [9.17, 15) is 4.79 Å². The van der Waals surface area contributed by atoms with Crippen LogP contribution in [-0.4, -0.2) is 28.6 Å². The fourth-order valence-corrected chi connectivity index (χ4v) is 1.89. The minimum atomic E-state index is -0.458. The van der Waals surface area contributed by atoms with Gasteiger partial charge in [-0.05, 0) is 36.8 Å². The molecule has 1 atom stereocenters. The Labute approximate surface area is 106 Å². The molecule has 5 heteroatoms. The number of nitrogens with zero attached hydrogens (tertiary/aromatic N) is 1. The molecule has 98 valence electrons. The van der Waals surface area contributed by atoms with E-state index in [0.717, 1.165) is 24.0 Å². The molecule has 1 saturated carbocycles. The van der Waals surface area contributed by atoms with Gasteiger partial charge in [0.15, 0.2) is 0 Å². The van der Waals surface area contributed by atoms with Gasteiger partial charge in [-0.1, -0.05) is 6.07 Å². The van der Waals surface area contributed by atoms with Gasteiger partial charge in [0.1, 0.15) is 5.69 Å². The van der Waals surface area contributed by atoms with Crippen LogP contribution < -0.4 is 11.1 Å². The van der Waals surface area contributed by atoms with Crippen LogP contribution in [0, 0.1) is 0 Å². The molecule has 1 amide bonds. The van der Waals surface area contributed by atoms with Crippen LogP contribution in [0.5, 0.6) is 0 Å². The molecular weight excluding hydrogens is 230 g/mol. The Morgan fingerprint density at radius 2 is 2.39 bits per heavy atom. The minimum absolute atomic E-state index is 0.0465. The number of nitrogens with one attached hydrogen (secondary N) is 1. The first kappa shape index (κ1) is 13.0. The van der Waals surface area contributed by atoms with Crippen LogP contribution in [0.3, 0.4) is 0 Å². The summed E-state index contributed by atoms with van der Waals surface area (Å²) in [7, 11) is 0. The number of carbonyl (C=O) groups excluding carboxylic acids is 1. The Morgan fingerprint density at radius 3 is 2.94 bits per heavy atom. The number of aromatic nitrogens is 1. The van der Waals surface area contributed by atoms with Crippen LogP contribution in [0.2, 0.25) is 0 Å². The van der Waals surface area contributed by atoms with E-state index in [2.05, 4.69) is 10.3 Å². The molecule has 1 aliphatic carbocycles. The van der Waals surface area contributed by atoms with Gasteiger partial charge in [0, 0.05) is 18.8 Å². The smallest absolute Gasteiger partial charge is 0.267 e. The molecule has 18 heavy (non-hydrogen) atoms. The fourth-order valence-electron chi connectivity index (χ4n) is 1.89. The number of aliphatic hydroxyl groups excluding tert-OH is 1. The van der Waals surface area contributed by atoms with E-state index in [1.54, 1.807) is 6.20 Å². The summed E-state index contributed by atoms with van der Waals surface area (Å²) >= 11 is 0. The van der Waals surface area contributed by atoms with Crippen LogP contribution in [0.1, 0.15) is 47.3 Å². The van der Waals surface area contributed by atoms with Gasteiger partial charge < -0.3 is 16.2 Å². The third-order valence-electron chi connectivity index (χ3n) is 3.15. The molecule has 0 unspecified atom stereocenters. The number of primary amides is 1. The minimum Gasteiger partial charge on any atom is -0.395 e. The predicted octanol–water partition coefficient (Wildman–Crippen LogP) is 0.528. The number of carbonyl (C=O) groups is 1. The van der Waals surface area contributed by atoms with Crippen molar-refractivity contribution in [3.05, 3.63) is 29.1 Å². The SMILES string of the molecule is C[C@H](CO)NCc1cnc(C(N)=O)c(C2CC2)c1. The quantitative estimate of drug-likeness (QED) is 0.686. The van der Waals surface area contributed by atoms with Crippen molar-refractivity contribution in [2.24, 2.45) is 5.73 Å². The average molecular weight is 249 g/mol. The molecule has 1 aliphatic rings. The van der Waals surface area contributed by atoms with Crippen molar-refractivity contribution in [1.82, 2.24) is 10.3 Å². The van der Waals surface area contributed by atoms with Crippen LogP contribution in [0.25, 0.3) is 0 Å². The highest BCUT2D eigenvalue weighted by Crippen LogP contribution is 2.41. The Bertz CT molecular complexity index is 444. The lowest BCUT2D eigenvalue weighted by molar-refractivity contribution is 0.0994. The Morgan fingerprint density at radius 1 is 1.67 bits per heavy atom. The maximum atomic E-state index is 11.3. The lowest BCUT2D eigenvalue weighted by Gasteiger charge is -2.12. The summed E-state index contributed by atoms with van der Waals surface area (Å²) in [6.07, 6.45) is 3.88. The van der Waals surface area contributed by atoms with Gasteiger partial charge >= 0.3 is 0 Å². The number of pyridine rings is 1. The third-order valence-corrected chi connectivity index (χ3v) is 3.15. The second-order valence-corrected chi connectivity index (χ2v) is 4.88. The highest BCUT2D eigenvalue weighted by atomic mass is 16.3. The molecule has 4 N–H and O–H groups in total. The number of amides is 1. The molecule has 0 bridgehead atoms. The van der Waals surface area contributed by atoms with E-state index < -0.39 is 5.91 Å². The second-order valence-electron chi connectivity index (χ2n) is 4.88. The molecule has 1 fully saturated rings. The number of nitrogens with two attached hydrogens (primary N) is 1. The van der Waals surface area contributed by atoms with Gasteiger partial charge in [0.05, 0.1) is 6.61 Å². The van der Waals surface area contributed by atoms with Gasteiger partial charge in [-0.25, -0.2) is 0 Å².